The van der Waals surface area contributed by atoms with E-state index in [0.29, 0.717) is 5.15 Å². The largest absolute Gasteiger partial charge is 0.311 e. The van der Waals surface area contributed by atoms with Crippen molar-refractivity contribution < 1.29 is 0 Å². The van der Waals surface area contributed by atoms with Gasteiger partial charge in [-0.2, -0.15) is 0 Å². The number of aromatic nitrogens is 5. The van der Waals surface area contributed by atoms with Crippen molar-refractivity contribution in [3.05, 3.63) is 35.7 Å². The van der Waals surface area contributed by atoms with Crippen LogP contribution in [0, 0.1) is 0 Å². The van der Waals surface area contributed by atoms with Crippen molar-refractivity contribution in [2.45, 2.75) is 10.2 Å². The first-order valence-electron chi connectivity index (χ1n) is 5.18. The molecule has 0 N–H and O–H groups in total. The molecule has 0 aliphatic carbocycles. The minimum atomic E-state index is 0.410. The summed E-state index contributed by atoms with van der Waals surface area (Å²) in [5.74, 6) is 0. The summed E-state index contributed by atoms with van der Waals surface area (Å²) in [5.41, 5.74) is 0. The predicted molar refractivity (Wildman–Crippen MR) is 69.7 cm³/mol. The van der Waals surface area contributed by atoms with Crippen LogP contribution in [0.25, 0.3) is 10.8 Å². The van der Waals surface area contributed by atoms with Gasteiger partial charge >= 0.3 is 0 Å². The lowest BCUT2D eigenvalue weighted by Crippen LogP contribution is -1.93. The number of fused-ring (bicyclic) bond motifs is 1. The van der Waals surface area contributed by atoms with Crippen molar-refractivity contribution in [1.82, 2.24) is 25.0 Å². The van der Waals surface area contributed by atoms with E-state index < -0.39 is 0 Å². The van der Waals surface area contributed by atoms with Crippen LogP contribution in [-0.4, -0.2) is 25.0 Å². The standard InChI is InChI=1S/C11H8ClN5S/c1-17-6-13-16-11(17)18-10-8-5-3-2-4-7(8)9(12)14-15-10/h2-6H,1H3. The topological polar surface area (TPSA) is 56.5 Å². The summed E-state index contributed by atoms with van der Waals surface area (Å²) >= 11 is 7.44. The van der Waals surface area contributed by atoms with Crippen LogP contribution in [0.15, 0.2) is 40.8 Å². The monoisotopic (exact) mass is 277 g/mol. The van der Waals surface area contributed by atoms with E-state index in [0.717, 1.165) is 21.0 Å². The number of benzene rings is 1. The second-order valence-electron chi connectivity index (χ2n) is 3.67. The summed E-state index contributed by atoms with van der Waals surface area (Å²) in [7, 11) is 1.88. The molecule has 0 bridgehead atoms. The molecule has 7 heteroatoms. The molecule has 18 heavy (non-hydrogen) atoms. The Labute approximate surface area is 112 Å². The van der Waals surface area contributed by atoms with Crippen LogP contribution < -0.4 is 0 Å². The Balaban J connectivity index is 2.13. The summed E-state index contributed by atoms with van der Waals surface area (Å²) < 4.78 is 1.83. The van der Waals surface area contributed by atoms with Crippen LogP contribution in [0.3, 0.4) is 0 Å². The quantitative estimate of drug-likeness (QED) is 0.720. The van der Waals surface area contributed by atoms with E-state index in [1.54, 1.807) is 6.33 Å². The summed E-state index contributed by atoms with van der Waals surface area (Å²) in [4.78, 5) is 0. The molecule has 1 aromatic carbocycles. The van der Waals surface area contributed by atoms with Crippen molar-refractivity contribution in [1.29, 1.82) is 0 Å². The van der Waals surface area contributed by atoms with Gasteiger partial charge in [0.25, 0.3) is 0 Å². The third kappa shape index (κ3) is 1.93. The number of halogens is 1. The fraction of sp³-hybridized carbons (Fsp3) is 0.0909. The lowest BCUT2D eigenvalue weighted by molar-refractivity contribution is 0.786. The average molecular weight is 278 g/mol. The van der Waals surface area contributed by atoms with Crippen LogP contribution in [0.5, 0.6) is 0 Å². The Morgan fingerprint density at radius 3 is 2.61 bits per heavy atom. The van der Waals surface area contributed by atoms with Crippen molar-refractivity contribution >= 4 is 34.1 Å². The fourth-order valence-corrected chi connectivity index (χ4v) is 2.60. The number of nitrogens with zero attached hydrogens (tertiary/aromatic N) is 5. The number of hydrogen-bond donors (Lipinski definition) is 0. The maximum atomic E-state index is 6.03. The van der Waals surface area contributed by atoms with E-state index in [4.69, 9.17) is 11.6 Å². The van der Waals surface area contributed by atoms with Crippen LogP contribution in [0.2, 0.25) is 5.15 Å². The SMILES string of the molecule is Cn1cnnc1Sc1nnc(Cl)c2ccccc12. The van der Waals surface area contributed by atoms with Crippen LogP contribution in [0.1, 0.15) is 0 Å². The van der Waals surface area contributed by atoms with Crippen LogP contribution >= 0.6 is 23.4 Å². The zero-order valence-electron chi connectivity index (χ0n) is 9.41. The molecule has 3 rings (SSSR count). The third-order valence-electron chi connectivity index (χ3n) is 2.47. The van der Waals surface area contributed by atoms with Gasteiger partial charge in [0.15, 0.2) is 10.3 Å². The highest BCUT2D eigenvalue weighted by Crippen LogP contribution is 2.31. The molecular weight excluding hydrogens is 270 g/mol. The molecule has 0 atom stereocenters. The van der Waals surface area contributed by atoms with Crippen LogP contribution in [-0.2, 0) is 7.05 Å². The molecule has 0 unspecified atom stereocenters. The second-order valence-corrected chi connectivity index (χ2v) is 4.98. The van der Waals surface area contributed by atoms with Gasteiger partial charge in [-0.3, -0.25) is 0 Å². The summed E-state index contributed by atoms with van der Waals surface area (Å²) in [5, 5.41) is 19.7. The first kappa shape index (κ1) is 11.4. The van der Waals surface area contributed by atoms with Crippen LogP contribution in [0.4, 0.5) is 0 Å². The lowest BCUT2D eigenvalue weighted by atomic mass is 10.2. The van der Waals surface area contributed by atoms with E-state index in [1.165, 1.54) is 11.8 Å². The van der Waals surface area contributed by atoms with Crippen molar-refractivity contribution in [2.24, 2.45) is 7.05 Å². The Kier molecular flexibility index (Phi) is 2.89. The zero-order valence-corrected chi connectivity index (χ0v) is 11.0. The maximum absolute atomic E-state index is 6.03. The van der Waals surface area contributed by atoms with E-state index in [-0.39, 0.29) is 0 Å². The molecule has 0 amide bonds. The van der Waals surface area contributed by atoms with Crippen molar-refractivity contribution in [2.75, 3.05) is 0 Å². The molecule has 5 nitrogen and oxygen atoms in total. The first-order valence-corrected chi connectivity index (χ1v) is 6.38. The molecule has 0 radical (unpaired) electrons. The van der Waals surface area contributed by atoms with Crippen molar-refractivity contribution in [3.8, 4) is 0 Å². The molecule has 3 aromatic rings. The van der Waals surface area contributed by atoms with Gasteiger partial charge in [0, 0.05) is 17.8 Å². The lowest BCUT2D eigenvalue weighted by Gasteiger charge is -2.04. The van der Waals surface area contributed by atoms with E-state index in [2.05, 4.69) is 20.4 Å². The molecule has 0 aliphatic rings. The molecule has 0 aliphatic heterocycles. The van der Waals surface area contributed by atoms with Gasteiger partial charge in [0.2, 0.25) is 0 Å². The minimum Gasteiger partial charge on any atom is -0.311 e. The molecule has 2 aromatic heterocycles. The fourth-order valence-electron chi connectivity index (χ4n) is 1.57. The number of rotatable bonds is 2. The number of aryl methyl sites for hydroxylation is 1. The van der Waals surface area contributed by atoms with Gasteiger partial charge in [0.05, 0.1) is 0 Å². The molecule has 0 spiro atoms. The van der Waals surface area contributed by atoms with Gasteiger partial charge in [0.1, 0.15) is 11.4 Å². The summed E-state index contributed by atoms with van der Waals surface area (Å²) in [6.07, 6.45) is 1.65. The smallest absolute Gasteiger partial charge is 0.197 e. The Morgan fingerprint density at radius 2 is 1.89 bits per heavy atom. The van der Waals surface area contributed by atoms with E-state index >= 15 is 0 Å². The highest BCUT2D eigenvalue weighted by Gasteiger charge is 2.11. The van der Waals surface area contributed by atoms with E-state index in [1.807, 2.05) is 35.9 Å². The van der Waals surface area contributed by atoms with Gasteiger partial charge in [-0.25, -0.2) is 0 Å². The summed E-state index contributed by atoms with van der Waals surface area (Å²) in [6.45, 7) is 0. The molecule has 0 saturated carbocycles. The molecule has 90 valence electrons. The average Bonchev–Trinajstić information content (AvgIpc) is 2.79. The van der Waals surface area contributed by atoms with Gasteiger partial charge < -0.3 is 4.57 Å². The maximum Gasteiger partial charge on any atom is 0.197 e. The molecule has 0 saturated heterocycles. The number of hydrogen-bond acceptors (Lipinski definition) is 5. The highest BCUT2D eigenvalue weighted by atomic mass is 35.5. The zero-order chi connectivity index (χ0) is 12.5. The van der Waals surface area contributed by atoms with Crippen molar-refractivity contribution in [3.63, 3.8) is 0 Å². The molecule has 2 heterocycles. The summed E-state index contributed by atoms with van der Waals surface area (Å²) in [6, 6.07) is 7.76. The Hall–Kier alpha value is -1.66. The first-order chi connectivity index (χ1) is 8.75. The second kappa shape index (κ2) is 4.55. The molecule has 0 fully saturated rings. The normalized spacial score (nSPS) is 11.0. The third-order valence-corrected chi connectivity index (χ3v) is 3.79. The Bertz CT molecular complexity index is 711. The Morgan fingerprint density at radius 1 is 1.11 bits per heavy atom. The van der Waals surface area contributed by atoms with Gasteiger partial charge in [-0.15, -0.1) is 20.4 Å². The minimum absolute atomic E-state index is 0.410. The molecular formula is C11H8ClN5S. The predicted octanol–water partition coefficient (Wildman–Crippen LogP) is 2.56. The van der Waals surface area contributed by atoms with Gasteiger partial charge in [-0.05, 0) is 11.8 Å². The van der Waals surface area contributed by atoms with Gasteiger partial charge in [-0.1, -0.05) is 35.9 Å². The highest BCUT2D eigenvalue weighted by molar-refractivity contribution is 7.99. The van der Waals surface area contributed by atoms with E-state index in [9.17, 15) is 0 Å².